The highest BCUT2D eigenvalue weighted by atomic mass is 16.2. The monoisotopic (exact) mass is 363 g/mol. The molecule has 0 saturated heterocycles. The zero-order valence-electron chi connectivity index (χ0n) is 16.0. The molecule has 27 heavy (non-hydrogen) atoms. The first kappa shape index (κ1) is 18.8. The summed E-state index contributed by atoms with van der Waals surface area (Å²) in [5.74, 6) is -0.0345. The third-order valence-corrected chi connectivity index (χ3v) is 4.92. The van der Waals surface area contributed by atoms with E-state index < -0.39 is 0 Å². The Hall–Kier alpha value is -2.95. The molecule has 0 radical (unpaired) electrons. The molecule has 2 heterocycles. The second-order valence-corrected chi connectivity index (χ2v) is 6.76. The Labute approximate surface area is 159 Å². The van der Waals surface area contributed by atoms with Gasteiger partial charge in [0.05, 0.1) is 0 Å². The van der Waals surface area contributed by atoms with E-state index in [1.165, 1.54) is 0 Å². The van der Waals surface area contributed by atoms with Gasteiger partial charge >= 0.3 is 0 Å². The second kappa shape index (κ2) is 8.16. The standard InChI is InChI=1S/C22H25N3O2/c1-4-20(22(27)24-13-11-19-15(2)8-7-12-23-19)25-14-18(16(3)26)17-9-5-6-10-21(17)25/h5-10,12,14,20H,4,11,13H2,1-3H3,(H,24,27). The number of benzene rings is 1. The van der Waals surface area contributed by atoms with Gasteiger partial charge in [0, 0.05) is 47.5 Å². The predicted octanol–water partition coefficient (Wildman–Crippen LogP) is 3.86. The van der Waals surface area contributed by atoms with Crippen LogP contribution in [0.25, 0.3) is 10.9 Å². The number of fused-ring (bicyclic) bond motifs is 1. The minimum Gasteiger partial charge on any atom is -0.354 e. The van der Waals surface area contributed by atoms with Crippen LogP contribution in [0.5, 0.6) is 0 Å². The van der Waals surface area contributed by atoms with Crippen LogP contribution in [-0.2, 0) is 11.2 Å². The number of aromatic nitrogens is 2. The van der Waals surface area contributed by atoms with E-state index in [9.17, 15) is 9.59 Å². The fourth-order valence-corrected chi connectivity index (χ4v) is 3.45. The number of pyridine rings is 1. The number of ketones is 1. The van der Waals surface area contributed by atoms with Crippen molar-refractivity contribution in [2.45, 2.75) is 39.7 Å². The summed E-state index contributed by atoms with van der Waals surface area (Å²) in [7, 11) is 0. The van der Waals surface area contributed by atoms with E-state index in [1.54, 1.807) is 13.1 Å². The van der Waals surface area contributed by atoms with Gasteiger partial charge in [0.25, 0.3) is 0 Å². The molecule has 2 aromatic heterocycles. The van der Waals surface area contributed by atoms with Crippen LogP contribution in [-0.4, -0.2) is 27.8 Å². The first-order valence-corrected chi connectivity index (χ1v) is 9.31. The van der Waals surface area contributed by atoms with E-state index in [0.29, 0.717) is 24.9 Å². The summed E-state index contributed by atoms with van der Waals surface area (Å²) < 4.78 is 1.92. The molecule has 140 valence electrons. The molecule has 0 spiro atoms. The van der Waals surface area contributed by atoms with Crippen LogP contribution >= 0.6 is 0 Å². The molecule has 1 unspecified atom stereocenters. The number of aryl methyl sites for hydroxylation is 1. The van der Waals surface area contributed by atoms with Crippen molar-refractivity contribution in [2.24, 2.45) is 0 Å². The molecule has 3 rings (SSSR count). The molecule has 1 aromatic carbocycles. The Kier molecular flexibility index (Phi) is 5.69. The molecule has 0 bridgehead atoms. The molecule has 1 amide bonds. The Balaban J connectivity index is 1.78. The van der Waals surface area contributed by atoms with Crippen molar-refractivity contribution in [1.29, 1.82) is 0 Å². The average Bonchev–Trinajstić information content (AvgIpc) is 3.04. The summed E-state index contributed by atoms with van der Waals surface area (Å²) in [6, 6.07) is 11.3. The maximum atomic E-state index is 12.8. The molecule has 0 saturated carbocycles. The molecule has 0 aliphatic heterocycles. The number of rotatable bonds is 7. The Bertz CT molecular complexity index is 975. The number of nitrogens with zero attached hydrogens (tertiary/aromatic N) is 2. The first-order valence-electron chi connectivity index (χ1n) is 9.31. The van der Waals surface area contributed by atoms with Crippen LogP contribution in [0.15, 0.2) is 48.8 Å². The number of hydrogen-bond acceptors (Lipinski definition) is 3. The molecule has 5 nitrogen and oxygen atoms in total. The summed E-state index contributed by atoms with van der Waals surface area (Å²) in [5.41, 5.74) is 3.68. The van der Waals surface area contributed by atoms with Gasteiger partial charge in [0.15, 0.2) is 5.78 Å². The van der Waals surface area contributed by atoms with Crippen molar-refractivity contribution in [3.8, 4) is 0 Å². The van der Waals surface area contributed by atoms with Gasteiger partial charge < -0.3 is 9.88 Å². The molecule has 1 atom stereocenters. The minimum absolute atomic E-state index is 0.00541. The van der Waals surface area contributed by atoms with Crippen LogP contribution in [0, 0.1) is 6.92 Å². The summed E-state index contributed by atoms with van der Waals surface area (Å²) in [4.78, 5) is 29.2. The number of carbonyl (C=O) groups is 2. The Morgan fingerprint density at radius 2 is 1.96 bits per heavy atom. The maximum absolute atomic E-state index is 12.8. The molecule has 1 N–H and O–H groups in total. The fraction of sp³-hybridized carbons (Fsp3) is 0.318. The fourth-order valence-electron chi connectivity index (χ4n) is 3.45. The quantitative estimate of drug-likeness (QED) is 0.648. The third kappa shape index (κ3) is 3.92. The lowest BCUT2D eigenvalue weighted by molar-refractivity contribution is -0.124. The van der Waals surface area contributed by atoms with E-state index in [4.69, 9.17) is 0 Å². The van der Waals surface area contributed by atoms with Crippen molar-refractivity contribution >= 4 is 22.6 Å². The van der Waals surface area contributed by atoms with Gasteiger partial charge in [-0.25, -0.2) is 0 Å². The molecule has 3 aromatic rings. The van der Waals surface area contributed by atoms with Crippen LogP contribution in [0.1, 0.15) is 47.9 Å². The van der Waals surface area contributed by atoms with E-state index in [1.807, 2.05) is 61.0 Å². The highest BCUT2D eigenvalue weighted by Crippen LogP contribution is 2.26. The highest BCUT2D eigenvalue weighted by Gasteiger charge is 2.22. The van der Waals surface area contributed by atoms with Crippen LogP contribution in [0.4, 0.5) is 0 Å². The van der Waals surface area contributed by atoms with Gasteiger partial charge in [-0.05, 0) is 38.0 Å². The lowest BCUT2D eigenvalue weighted by Crippen LogP contribution is -2.33. The summed E-state index contributed by atoms with van der Waals surface area (Å²) in [5, 5.41) is 3.92. The Morgan fingerprint density at radius 1 is 1.19 bits per heavy atom. The lowest BCUT2D eigenvalue weighted by Gasteiger charge is -2.18. The molecular weight excluding hydrogens is 338 g/mol. The van der Waals surface area contributed by atoms with E-state index in [-0.39, 0.29) is 17.7 Å². The molecule has 5 heteroatoms. The maximum Gasteiger partial charge on any atom is 0.243 e. The molecule has 0 aliphatic carbocycles. The molecular formula is C22H25N3O2. The van der Waals surface area contributed by atoms with Gasteiger partial charge in [0.1, 0.15) is 6.04 Å². The zero-order valence-corrected chi connectivity index (χ0v) is 16.0. The van der Waals surface area contributed by atoms with Crippen molar-refractivity contribution in [3.63, 3.8) is 0 Å². The number of nitrogens with one attached hydrogen (secondary N) is 1. The summed E-state index contributed by atoms with van der Waals surface area (Å²) in [6.07, 6.45) is 4.92. The van der Waals surface area contributed by atoms with Crippen LogP contribution in [0.3, 0.4) is 0 Å². The number of amides is 1. The number of Topliss-reactive ketones (excluding diaryl/α,β-unsaturated/α-hetero) is 1. The van der Waals surface area contributed by atoms with E-state index in [0.717, 1.165) is 22.2 Å². The topological polar surface area (TPSA) is 64.0 Å². The molecule has 0 fully saturated rings. The van der Waals surface area contributed by atoms with Crippen molar-refractivity contribution in [2.75, 3.05) is 6.54 Å². The molecule has 0 aliphatic rings. The largest absolute Gasteiger partial charge is 0.354 e. The summed E-state index contributed by atoms with van der Waals surface area (Å²) in [6.45, 7) is 6.10. The number of para-hydroxylation sites is 1. The van der Waals surface area contributed by atoms with Gasteiger partial charge in [-0.1, -0.05) is 31.2 Å². The third-order valence-electron chi connectivity index (χ3n) is 4.92. The van der Waals surface area contributed by atoms with Crippen LogP contribution in [0.2, 0.25) is 0 Å². The van der Waals surface area contributed by atoms with Crippen molar-refractivity contribution in [3.05, 3.63) is 65.6 Å². The number of hydrogen-bond donors (Lipinski definition) is 1. The highest BCUT2D eigenvalue weighted by molar-refractivity contribution is 6.07. The second-order valence-electron chi connectivity index (χ2n) is 6.76. The number of carbonyl (C=O) groups excluding carboxylic acids is 2. The van der Waals surface area contributed by atoms with E-state index >= 15 is 0 Å². The van der Waals surface area contributed by atoms with Crippen LogP contribution < -0.4 is 5.32 Å². The van der Waals surface area contributed by atoms with Crippen molar-refractivity contribution < 1.29 is 9.59 Å². The van der Waals surface area contributed by atoms with Gasteiger partial charge in [0.2, 0.25) is 5.91 Å². The minimum atomic E-state index is -0.354. The smallest absolute Gasteiger partial charge is 0.243 e. The lowest BCUT2D eigenvalue weighted by atomic mass is 10.1. The SMILES string of the molecule is CCC(C(=O)NCCc1ncccc1C)n1cc(C(C)=O)c2ccccc21. The first-order chi connectivity index (χ1) is 13.0. The predicted molar refractivity (Wildman–Crippen MR) is 107 cm³/mol. The zero-order chi connectivity index (χ0) is 19.4. The average molecular weight is 363 g/mol. The van der Waals surface area contributed by atoms with Gasteiger partial charge in [-0.2, -0.15) is 0 Å². The summed E-state index contributed by atoms with van der Waals surface area (Å²) >= 11 is 0. The van der Waals surface area contributed by atoms with Gasteiger partial charge in [-0.15, -0.1) is 0 Å². The van der Waals surface area contributed by atoms with Gasteiger partial charge in [-0.3, -0.25) is 14.6 Å². The Morgan fingerprint density at radius 3 is 2.67 bits per heavy atom. The van der Waals surface area contributed by atoms with Crippen molar-refractivity contribution in [1.82, 2.24) is 14.9 Å². The normalized spacial score (nSPS) is 12.1. The van der Waals surface area contributed by atoms with E-state index in [2.05, 4.69) is 10.3 Å².